The van der Waals surface area contributed by atoms with Crippen LogP contribution in [0.15, 0.2) is 35.1 Å². The van der Waals surface area contributed by atoms with Crippen molar-refractivity contribution in [3.8, 4) is 5.88 Å². The zero-order chi connectivity index (χ0) is 15.0. The molecular formula is C14H9ClN2O3S. The van der Waals surface area contributed by atoms with Crippen molar-refractivity contribution in [2.45, 2.75) is 6.92 Å². The zero-order valence-corrected chi connectivity index (χ0v) is 12.4. The van der Waals surface area contributed by atoms with Crippen LogP contribution in [-0.4, -0.2) is 15.9 Å². The molecule has 0 bridgehead atoms. The number of fused-ring (bicyclic) bond motifs is 1. The number of nitrogens with one attached hydrogen (secondary N) is 1. The number of ether oxygens (including phenoxy) is 1. The topological polar surface area (TPSA) is 72.0 Å². The molecule has 0 aliphatic heterocycles. The average Bonchev–Trinajstić information content (AvgIpc) is 2.80. The number of esters is 1. The van der Waals surface area contributed by atoms with Crippen LogP contribution in [0.1, 0.15) is 15.9 Å². The fourth-order valence-corrected chi connectivity index (χ4v) is 2.72. The maximum Gasteiger partial charge on any atom is 0.344 e. The monoisotopic (exact) mass is 320 g/mol. The predicted octanol–water partition coefficient (Wildman–Crippen LogP) is 3.17. The van der Waals surface area contributed by atoms with Gasteiger partial charge in [-0.25, -0.2) is 4.79 Å². The van der Waals surface area contributed by atoms with Crippen molar-refractivity contribution in [1.29, 1.82) is 0 Å². The highest BCUT2D eigenvalue weighted by Crippen LogP contribution is 2.22. The van der Waals surface area contributed by atoms with Crippen molar-refractivity contribution in [3.05, 3.63) is 56.1 Å². The molecule has 0 unspecified atom stereocenters. The van der Waals surface area contributed by atoms with Crippen molar-refractivity contribution in [2.75, 3.05) is 0 Å². The number of nitrogens with zero attached hydrogens (tertiary/aromatic N) is 1. The number of carbonyl (C=O) groups is 1. The lowest BCUT2D eigenvalue weighted by atomic mass is 10.2. The summed E-state index contributed by atoms with van der Waals surface area (Å²) in [6, 6.07) is 7.98. The van der Waals surface area contributed by atoms with Gasteiger partial charge in [0.15, 0.2) is 5.65 Å². The van der Waals surface area contributed by atoms with Gasteiger partial charge < -0.3 is 4.74 Å². The van der Waals surface area contributed by atoms with Crippen LogP contribution < -0.4 is 9.61 Å². The molecule has 7 heteroatoms. The van der Waals surface area contributed by atoms with Gasteiger partial charge in [-0.2, -0.15) is 4.98 Å². The summed E-state index contributed by atoms with van der Waals surface area (Å²) in [5.74, 6) is -0.385. The van der Waals surface area contributed by atoms with Crippen molar-refractivity contribution in [2.24, 2.45) is 0 Å². The highest BCUT2D eigenvalue weighted by Gasteiger charge is 2.12. The molecule has 0 amide bonds. The van der Waals surface area contributed by atoms with Crippen LogP contribution in [0.5, 0.6) is 5.88 Å². The molecule has 0 atom stereocenters. The smallest absolute Gasteiger partial charge is 0.344 e. The molecule has 1 aromatic carbocycles. The third-order valence-electron chi connectivity index (χ3n) is 2.83. The predicted molar refractivity (Wildman–Crippen MR) is 81.4 cm³/mol. The number of aryl methyl sites for hydroxylation is 1. The van der Waals surface area contributed by atoms with Gasteiger partial charge in [-0.1, -0.05) is 22.9 Å². The zero-order valence-electron chi connectivity index (χ0n) is 10.8. The Morgan fingerprint density at radius 3 is 2.76 bits per heavy atom. The van der Waals surface area contributed by atoms with E-state index >= 15 is 0 Å². The summed E-state index contributed by atoms with van der Waals surface area (Å²) in [6.45, 7) is 1.83. The summed E-state index contributed by atoms with van der Waals surface area (Å²) in [4.78, 5) is 29.9. The van der Waals surface area contributed by atoms with Crippen LogP contribution in [0.3, 0.4) is 0 Å². The van der Waals surface area contributed by atoms with Gasteiger partial charge in [-0.05, 0) is 36.8 Å². The highest BCUT2D eigenvalue weighted by atomic mass is 35.5. The van der Waals surface area contributed by atoms with Gasteiger partial charge in [0, 0.05) is 11.1 Å². The lowest BCUT2D eigenvalue weighted by Gasteiger charge is -2.04. The van der Waals surface area contributed by atoms with E-state index in [0.29, 0.717) is 16.2 Å². The number of aromatic amines is 1. The number of benzene rings is 1. The first-order chi connectivity index (χ1) is 10.0. The van der Waals surface area contributed by atoms with E-state index in [1.807, 2.05) is 6.92 Å². The maximum absolute atomic E-state index is 12.0. The van der Waals surface area contributed by atoms with Gasteiger partial charge in [0.25, 0.3) is 0 Å². The van der Waals surface area contributed by atoms with Crippen molar-refractivity contribution in [3.63, 3.8) is 0 Å². The summed E-state index contributed by atoms with van der Waals surface area (Å²) in [6.07, 6.45) is 0. The second kappa shape index (κ2) is 5.31. The molecule has 0 aliphatic carbocycles. The molecule has 106 valence electrons. The molecule has 0 spiro atoms. The molecule has 2 aromatic heterocycles. The summed E-state index contributed by atoms with van der Waals surface area (Å²) in [5.41, 5.74) is 1.61. The van der Waals surface area contributed by atoms with E-state index in [2.05, 4.69) is 9.97 Å². The Bertz CT molecular complexity index is 883. The van der Waals surface area contributed by atoms with Crippen molar-refractivity contribution >= 4 is 39.3 Å². The van der Waals surface area contributed by atoms with E-state index in [-0.39, 0.29) is 10.8 Å². The first-order valence-corrected chi connectivity index (χ1v) is 7.20. The largest absolute Gasteiger partial charge is 0.404 e. The number of hydrogen-bond donors (Lipinski definition) is 1. The third-order valence-corrected chi connectivity index (χ3v) is 4.09. The number of pyridine rings is 1. The van der Waals surface area contributed by atoms with Crippen LogP contribution in [0.2, 0.25) is 5.02 Å². The lowest BCUT2D eigenvalue weighted by molar-refractivity contribution is 0.0728. The molecule has 21 heavy (non-hydrogen) atoms. The van der Waals surface area contributed by atoms with Crippen LogP contribution in [-0.2, 0) is 0 Å². The maximum atomic E-state index is 12.0. The lowest BCUT2D eigenvalue weighted by Crippen LogP contribution is -2.09. The Balaban J connectivity index is 1.92. The summed E-state index contributed by atoms with van der Waals surface area (Å²) < 4.78 is 5.98. The normalized spacial score (nSPS) is 10.8. The first-order valence-electron chi connectivity index (χ1n) is 6.01. The van der Waals surface area contributed by atoms with Gasteiger partial charge in [0.2, 0.25) is 5.88 Å². The summed E-state index contributed by atoms with van der Waals surface area (Å²) in [5, 5.41) is 0.540. The molecule has 0 saturated carbocycles. The number of rotatable bonds is 2. The van der Waals surface area contributed by atoms with Crippen LogP contribution >= 0.6 is 22.9 Å². The SMILES string of the molecule is Cc1cc(OC(=O)c2ccc(Cl)cc2)nc2[nH]c(=O)sc12. The number of carbonyl (C=O) groups excluding carboxylic acids is 1. The molecule has 0 aliphatic rings. The van der Waals surface area contributed by atoms with Gasteiger partial charge >= 0.3 is 10.8 Å². The molecular weight excluding hydrogens is 312 g/mol. The van der Waals surface area contributed by atoms with Crippen molar-refractivity contribution < 1.29 is 9.53 Å². The third kappa shape index (κ3) is 2.81. The molecule has 3 aromatic rings. The standard InChI is InChI=1S/C14H9ClN2O3S/c1-7-6-10(16-12-11(7)21-14(19)17-12)20-13(18)8-2-4-9(15)5-3-8/h2-6H,1H3,(H,16,17,19). The fourth-order valence-electron chi connectivity index (χ4n) is 1.85. The highest BCUT2D eigenvalue weighted by molar-refractivity contribution is 7.16. The summed E-state index contributed by atoms with van der Waals surface area (Å²) >= 11 is 6.84. The summed E-state index contributed by atoms with van der Waals surface area (Å²) in [7, 11) is 0. The number of halogens is 1. The van der Waals surface area contributed by atoms with Gasteiger partial charge in [-0.15, -0.1) is 0 Å². The molecule has 3 rings (SSSR count). The first kappa shape index (κ1) is 13.8. The van der Waals surface area contributed by atoms with E-state index in [0.717, 1.165) is 21.6 Å². The van der Waals surface area contributed by atoms with Gasteiger partial charge in [-0.3, -0.25) is 9.78 Å². The molecule has 1 N–H and O–H groups in total. The molecule has 0 fully saturated rings. The molecule has 0 radical (unpaired) electrons. The number of H-pyrrole nitrogens is 1. The van der Waals surface area contributed by atoms with Gasteiger partial charge in [0.1, 0.15) is 0 Å². The minimum absolute atomic E-state index is 0.147. The Hall–Kier alpha value is -2.18. The Labute approximate surface area is 128 Å². The molecule has 5 nitrogen and oxygen atoms in total. The van der Waals surface area contributed by atoms with E-state index < -0.39 is 5.97 Å². The van der Waals surface area contributed by atoms with E-state index in [1.165, 1.54) is 0 Å². The van der Waals surface area contributed by atoms with E-state index in [9.17, 15) is 9.59 Å². The second-order valence-electron chi connectivity index (χ2n) is 4.37. The molecule has 0 saturated heterocycles. The Morgan fingerprint density at radius 1 is 1.33 bits per heavy atom. The van der Waals surface area contributed by atoms with Crippen LogP contribution in [0, 0.1) is 6.92 Å². The van der Waals surface area contributed by atoms with Crippen LogP contribution in [0.4, 0.5) is 0 Å². The van der Waals surface area contributed by atoms with E-state index in [4.69, 9.17) is 16.3 Å². The average molecular weight is 321 g/mol. The number of hydrogen-bond acceptors (Lipinski definition) is 5. The van der Waals surface area contributed by atoms with E-state index in [1.54, 1.807) is 30.3 Å². The number of thiazole rings is 1. The number of aromatic nitrogens is 2. The fraction of sp³-hybridized carbons (Fsp3) is 0.0714. The Kier molecular flexibility index (Phi) is 3.48. The van der Waals surface area contributed by atoms with Crippen LogP contribution in [0.25, 0.3) is 10.3 Å². The van der Waals surface area contributed by atoms with Crippen molar-refractivity contribution in [1.82, 2.24) is 9.97 Å². The van der Waals surface area contributed by atoms with Gasteiger partial charge in [0.05, 0.1) is 10.3 Å². The quantitative estimate of drug-likeness (QED) is 0.736. The second-order valence-corrected chi connectivity index (χ2v) is 5.79. The Morgan fingerprint density at radius 2 is 2.05 bits per heavy atom. The molecule has 2 heterocycles. The minimum Gasteiger partial charge on any atom is -0.404 e. The minimum atomic E-state index is -0.532.